The number of fused-ring (bicyclic) bond motifs is 4. The molecular formula is C22H34O2. The number of aliphatic hydroxyl groups excluding tert-OH is 1. The zero-order valence-electron chi connectivity index (χ0n) is 15.3. The van der Waals surface area contributed by atoms with Crippen LogP contribution in [0, 0.1) is 40.4 Å². The molecule has 0 saturated heterocycles. The Hall–Kier alpha value is -0.370. The van der Waals surface area contributed by atoms with Gasteiger partial charge in [-0.25, -0.2) is 0 Å². The third-order valence-corrected chi connectivity index (χ3v) is 9.81. The third kappa shape index (κ3) is 1.95. The second-order valence-electron chi connectivity index (χ2n) is 10.3. The molecule has 5 fully saturated rings. The number of rotatable bonds is 0. The van der Waals surface area contributed by atoms with Crippen LogP contribution in [0.3, 0.4) is 0 Å². The van der Waals surface area contributed by atoms with Crippen molar-refractivity contribution in [2.45, 2.75) is 90.1 Å². The van der Waals surface area contributed by atoms with Crippen LogP contribution in [0.25, 0.3) is 0 Å². The zero-order chi connectivity index (χ0) is 16.5. The van der Waals surface area contributed by atoms with E-state index < -0.39 is 0 Å². The maximum absolute atomic E-state index is 12.6. The van der Waals surface area contributed by atoms with E-state index in [1.807, 2.05) is 0 Å². The summed E-state index contributed by atoms with van der Waals surface area (Å²) in [5.74, 6) is 4.39. The Bertz CT molecular complexity index is 542. The second-order valence-corrected chi connectivity index (χ2v) is 10.3. The van der Waals surface area contributed by atoms with E-state index >= 15 is 0 Å². The first-order chi connectivity index (χ1) is 11.5. The van der Waals surface area contributed by atoms with Crippen molar-refractivity contribution in [2.24, 2.45) is 40.4 Å². The fraction of sp³-hybridized carbons (Fsp3) is 0.955. The van der Waals surface area contributed by atoms with Crippen LogP contribution >= 0.6 is 0 Å². The molecule has 0 amide bonds. The molecule has 0 aromatic heterocycles. The van der Waals surface area contributed by atoms with Gasteiger partial charge in [-0.1, -0.05) is 6.92 Å². The minimum atomic E-state index is -0.0404. The zero-order valence-corrected chi connectivity index (χ0v) is 15.3. The molecule has 0 radical (unpaired) electrons. The van der Waals surface area contributed by atoms with Crippen molar-refractivity contribution in [3.8, 4) is 0 Å². The van der Waals surface area contributed by atoms with Crippen LogP contribution in [-0.2, 0) is 4.79 Å². The van der Waals surface area contributed by atoms with Crippen molar-refractivity contribution in [2.75, 3.05) is 0 Å². The van der Waals surface area contributed by atoms with E-state index in [2.05, 4.69) is 6.92 Å². The highest BCUT2D eigenvalue weighted by molar-refractivity contribution is 5.83. The largest absolute Gasteiger partial charge is 0.393 e. The van der Waals surface area contributed by atoms with Gasteiger partial charge in [-0.3, -0.25) is 4.79 Å². The number of hydrogen-bond donors (Lipinski definition) is 1. The molecule has 5 rings (SSSR count). The summed E-state index contributed by atoms with van der Waals surface area (Å²) >= 11 is 0. The molecule has 0 aromatic carbocycles. The molecule has 8 atom stereocenters. The monoisotopic (exact) mass is 330 g/mol. The minimum absolute atomic E-state index is 0.0404. The van der Waals surface area contributed by atoms with Gasteiger partial charge in [-0.05, 0) is 105 Å². The highest BCUT2D eigenvalue weighted by atomic mass is 16.3. The molecule has 5 saturated carbocycles. The molecule has 1 N–H and O–H groups in total. The van der Waals surface area contributed by atoms with E-state index in [1.165, 1.54) is 51.4 Å². The molecule has 0 aliphatic heterocycles. The van der Waals surface area contributed by atoms with E-state index in [0.717, 1.165) is 49.4 Å². The maximum atomic E-state index is 12.6. The van der Waals surface area contributed by atoms with E-state index in [4.69, 9.17) is 0 Å². The topological polar surface area (TPSA) is 37.3 Å². The third-order valence-electron chi connectivity index (χ3n) is 9.81. The Kier molecular flexibility index (Phi) is 3.51. The molecule has 0 aromatic rings. The Balaban J connectivity index is 1.46. The summed E-state index contributed by atoms with van der Waals surface area (Å²) in [6.07, 6.45) is 14.6. The molecule has 0 heterocycles. The molecule has 5 aliphatic rings. The van der Waals surface area contributed by atoms with Crippen LogP contribution in [0.4, 0.5) is 0 Å². The molecule has 2 heteroatoms. The molecule has 2 nitrogen and oxygen atoms in total. The first-order valence-electron chi connectivity index (χ1n) is 10.8. The average molecular weight is 331 g/mol. The van der Waals surface area contributed by atoms with Crippen molar-refractivity contribution in [3.63, 3.8) is 0 Å². The molecule has 1 spiro atoms. The molecule has 0 unspecified atom stereocenters. The van der Waals surface area contributed by atoms with Crippen molar-refractivity contribution in [1.82, 2.24) is 0 Å². The maximum Gasteiger partial charge on any atom is 0.136 e. The summed E-state index contributed by atoms with van der Waals surface area (Å²) in [5.41, 5.74) is 0.883. The fourth-order valence-electron chi connectivity index (χ4n) is 8.78. The van der Waals surface area contributed by atoms with E-state index in [-0.39, 0.29) is 6.10 Å². The number of carbonyl (C=O) groups is 1. The first-order valence-corrected chi connectivity index (χ1v) is 10.8. The Morgan fingerprint density at radius 3 is 2.71 bits per heavy atom. The highest BCUT2D eigenvalue weighted by Gasteiger charge is 2.63. The molecule has 24 heavy (non-hydrogen) atoms. The van der Waals surface area contributed by atoms with Gasteiger partial charge in [0.25, 0.3) is 0 Å². The van der Waals surface area contributed by atoms with Crippen LogP contribution in [0.2, 0.25) is 0 Å². The number of carbonyl (C=O) groups excluding carboxylic acids is 1. The smallest absolute Gasteiger partial charge is 0.136 e. The quantitative estimate of drug-likeness (QED) is 0.696. The Morgan fingerprint density at radius 2 is 1.83 bits per heavy atom. The summed E-state index contributed by atoms with van der Waals surface area (Å²) in [4.78, 5) is 12.6. The standard InChI is InChI=1S/C22H34O2/c1-21-11-8-15(23)13-14(21)4-5-16-17(21)9-12-22-10-2-3-20(24)19(22)7-6-18(16)22/h14-19,23H,2-13H2,1H3/t14-,15+,16+,17-,18-,19+,21-,22-/m0/s1. The fourth-order valence-corrected chi connectivity index (χ4v) is 8.78. The van der Waals surface area contributed by atoms with Crippen LogP contribution in [0.5, 0.6) is 0 Å². The van der Waals surface area contributed by atoms with Gasteiger partial charge in [-0.15, -0.1) is 0 Å². The molecule has 134 valence electrons. The predicted octanol–water partition coefficient (Wildman–Crippen LogP) is 4.74. The van der Waals surface area contributed by atoms with Crippen molar-refractivity contribution in [1.29, 1.82) is 0 Å². The highest BCUT2D eigenvalue weighted by Crippen LogP contribution is 2.69. The summed E-state index contributed by atoms with van der Waals surface area (Å²) in [6, 6.07) is 0. The number of aliphatic hydroxyl groups is 1. The van der Waals surface area contributed by atoms with Crippen molar-refractivity contribution >= 4 is 5.78 Å². The summed E-state index contributed by atoms with van der Waals surface area (Å²) in [5, 5.41) is 10.2. The summed E-state index contributed by atoms with van der Waals surface area (Å²) < 4.78 is 0. The minimum Gasteiger partial charge on any atom is -0.393 e. The Morgan fingerprint density at radius 1 is 0.958 bits per heavy atom. The number of hydrogen-bond acceptors (Lipinski definition) is 2. The first kappa shape index (κ1) is 15.9. The van der Waals surface area contributed by atoms with E-state index in [1.54, 1.807) is 0 Å². The summed E-state index contributed by atoms with van der Waals surface area (Å²) in [6.45, 7) is 2.57. The van der Waals surface area contributed by atoms with Gasteiger partial charge in [0.15, 0.2) is 0 Å². The van der Waals surface area contributed by atoms with Gasteiger partial charge in [0.1, 0.15) is 5.78 Å². The number of Topliss-reactive ketones (excluding diaryl/α,β-unsaturated/α-hetero) is 1. The predicted molar refractivity (Wildman–Crippen MR) is 94.4 cm³/mol. The lowest BCUT2D eigenvalue weighted by Crippen LogP contribution is -2.55. The number of ketones is 1. The van der Waals surface area contributed by atoms with Crippen LogP contribution in [0.15, 0.2) is 0 Å². The molecule has 5 aliphatic carbocycles. The summed E-state index contributed by atoms with van der Waals surface area (Å²) in [7, 11) is 0. The van der Waals surface area contributed by atoms with Crippen LogP contribution < -0.4 is 0 Å². The van der Waals surface area contributed by atoms with Crippen LogP contribution in [0.1, 0.15) is 84.0 Å². The SMILES string of the molecule is C[C@]12CC[C@@H](O)C[C@@H]1CC[C@@H]1[C@@H]2CC[C@]23CCCC(=O)[C@H]2CC[C@@H]13. The normalized spacial score (nSPS) is 56.8. The van der Waals surface area contributed by atoms with Crippen molar-refractivity contribution in [3.05, 3.63) is 0 Å². The molecule has 0 bridgehead atoms. The van der Waals surface area contributed by atoms with Gasteiger partial charge < -0.3 is 5.11 Å². The van der Waals surface area contributed by atoms with Gasteiger partial charge in [0.05, 0.1) is 6.10 Å². The van der Waals surface area contributed by atoms with E-state index in [0.29, 0.717) is 22.5 Å². The lowest BCUT2D eigenvalue weighted by Gasteiger charge is -2.62. The second kappa shape index (κ2) is 5.32. The van der Waals surface area contributed by atoms with Gasteiger partial charge in [0, 0.05) is 12.3 Å². The van der Waals surface area contributed by atoms with E-state index in [9.17, 15) is 9.90 Å². The van der Waals surface area contributed by atoms with Gasteiger partial charge in [0.2, 0.25) is 0 Å². The van der Waals surface area contributed by atoms with Crippen LogP contribution in [-0.4, -0.2) is 17.0 Å². The lowest BCUT2D eigenvalue weighted by atomic mass is 9.43. The van der Waals surface area contributed by atoms with Gasteiger partial charge in [-0.2, -0.15) is 0 Å². The van der Waals surface area contributed by atoms with Gasteiger partial charge >= 0.3 is 0 Å². The molecular weight excluding hydrogens is 296 g/mol. The lowest BCUT2D eigenvalue weighted by molar-refractivity contribution is -0.149. The Labute approximate surface area is 146 Å². The average Bonchev–Trinajstić information content (AvgIpc) is 2.96. The van der Waals surface area contributed by atoms with Crippen molar-refractivity contribution < 1.29 is 9.90 Å².